The van der Waals surface area contributed by atoms with Gasteiger partial charge in [0, 0.05) is 12.6 Å². The molecule has 18 heavy (non-hydrogen) atoms. The Morgan fingerprint density at radius 1 is 1.33 bits per heavy atom. The summed E-state index contributed by atoms with van der Waals surface area (Å²) >= 11 is 0. The number of carbonyl (C=O) groups is 1. The van der Waals surface area contributed by atoms with Gasteiger partial charge in [-0.1, -0.05) is 18.2 Å². The minimum atomic E-state index is -0.135. The van der Waals surface area contributed by atoms with Gasteiger partial charge in [0.05, 0.1) is 6.04 Å². The molecule has 0 bridgehead atoms. The van der Waals surface area contributed by atoms with E-state index in [9.17, 15) is 4.79 Å². The predicted molar refractivity (Wildman–Crippen MR) is 73.4 cm³/mol. The van der Waals surface area contributed by atoms with Gasteiger partial charge >= 0.3 is 0 Å². The summed E-state index contributed by atoms with van der Waals surface area (Å²) in [4.78, 5) is 11.8. The summed E-state index contributed by atoms with van der Waals surface area (Å²) in [6, 6.07) is 6.58. The summed E-state index contributed by atoms with van der Waals surface area (Å²) in [6.07, 6.45) is 2.27. The number of rotatable bonds is 5. The maximum Gasteiger partial charge on any atom is 0.237 e. The highest BCUT2D eigenvalue weighted by molar-refractivity contribution is 5.81. The Kier molecular flexibility index (Phi) is 4.02. The van der Waals surface area contributed by atoms with Gasteiger partial charge in [0.1, 0.15) is 0 Å². The molecule has 1 amide bonds. The Bertz CT molecular complexity index is 418. The van der Waals surface area contributed by atoms with E-state index in [2.05, 4.69) is 42.7 Å². The molecule has 0 saturated heterocycles. The van der Waals surface area contributed by atoms with E-state index in [4.69, 9.17) is 0 Å². The number of benzene rings is 1. The topological polar surface area (TPSA) is 41.1 Å². The Morgan fingerprint density at radius 3 is 2.50 bits per heavy atom. The molecule has 3 nitrogen and oxygen atoms in total. The molecule has 1 aliphatic rings. The highest BCUT2D eigenvalue weighted by Gasteiger charge is 2.25. The second-order valence-corrected chi connectivity index (χ2v) is 5.26. The molecule has 0 aliphatic heterocycles. The number of aryl methyl sites for hydroxylation is 2. The lowest BCUT2D eigenvalue weighted by Gasteiger charge is -2.16. The van der Waals surface area contributed by atoms with Crippen LogP contribution in [0.2, 0.25) is 0 Å². The first kappa shape index (κ1) is 13.1. The first-order chi connectivity index (χ1) is 8.58. The van der Waals surface area contributed by atoms with Crippen LogP contribution in [0.25, 0.3) is 0 Å². The zero-order valence-corrected chi connectivity index (χ0v) is 11.4. The normalized spacial score (nSPS) is 16.4. The average molecular weight is 246 g/mol. The van der Waals surface area contributed by atoms with E-state index < -0.39 is 0 Å². The molecule has 1 atom stereocenters. The van der Waals surface area contributed by atoms with Crippen LogP contribution in [0.5, 0.6) is 0 Å². The van der Waals surface area contributed by atoms with Crippen LogP contribution < -0.4 is 10.6 Å². The van der Waals surface area contributed by atoms with Gasteiger partial charge in [-0.15, -0.1) is 0 Å². The molecule has 0 radical (unpaired) electrons. The molecule has 1 aliphatic carbocycles. The highest BCUT2D eigenvalue weighted by atomic mass is 16.2. The monoisotopic (exact) mass is 246 g/mol. The molecule has 0 heterocycles. The summed E-state index contributed by atoms with van der Waals surface area (Å²) in [5.41, 5.74) is 3.85. The molecule has 0 aromatic heterocycles. The van der Waals surface area contributed by atoms with E-state index in [0.29, 0.717) is 6.04 Å². The molecule has 2 rings (SSSR count). The van der Waals surface area contributed by atoms with Crippen LogP contribution in [-0.2, 0) is 11.3 Å². The molecular formula is C15H22N2O. The third kappa shape index (κ3) is 3.33. The van der Waals surface area contributed by atoms with Crippen LogP contribution in [0, 0.1) is 13.8 Å². The number of carbonyl (C=O) groups excluding carboxylic acids is 1. The van der Waals surface area contributed by atoms with E-state index in [1.807, 2.05) is 6.92 Å². The molecule has 98 valence electrons. The first-order valence-electron chi connectivity index (χ1n) is 6.67. The van der Waals surface area contributed by atoms with Gasteiger partial charge in [0.15, 0.2) is 0 Å². The van der Waals surface area contributed by atoms with Gasteiger partial charge in [-0.25, -0.2) is 0 Å². The summed E-state index contributed by atoms with van der Waals surface area (Å²) in [7, 11) is 0. The zero-order valence-electron chi connectivity index (χ0n) is 11.4. The fourth-order valence-corrected chi connectivity index (χ4v) is 2.03. The van der Waals surface area contributed by atoms with Gasteiger partial charge in [0.2, 0.25) is 5.91 Å². The van der Waals surface area contributed by atoms with Crippen molar-refractivity contribution < 1.29 is 4.79 Å². The second-order valence-electron chi connectivity index (χ2n) is 5.26. The molecule has 1 saturated carbocycles. The van der Waals surface area contributed by atoms with Gasteiger partial charge in [0.25, 0.3) is 0 Å². The molecule has 1 aromatic rings. The molecular weight excluding hydrogens is 224 g/mol. The van der Waals surface area contributed by atoms with Crippen molar-refractivity contribution >= 4 is 5.91 Å². The van der Waals surface area contributed by atoms with Gasteiger partial charge in [-0.2, -0.15) is 0 Å². The summed E-state index contributed by atoms with van der Waals surface area (Å²) in [5, 5.41) is 6.32. The fourth-order valence-electron chi connectivity index (χ4n) is 2.03. The molecule has 1 unspecified atom stereocenters. The quantitative estimate of drug-likeness (QED) is 0.835. The Morgan fingerprint density at radius 2 is 1.94 bits per heavy atom. The van der Waals surface area contributed by atoms with Gasteiger partial charge in [-0.3, -0.25) is 4.79 Å². The minimum absolute atomic E-state index is 0.115. The van der Waals surface area contributed by atoms with Crippen LogP contribution in [0.4, 0.5) is 0 Å². The fraction of sp³-hybridized carbons (Fsp3) is 0.533. The maximum absolute atomic E-state index is 11.8. The highest BCUT2D eigenvalue weighted by Crippen LogP contribution is 2.18. The summed E-state index contributed by atoms with van der Waals surface area (Å²) in [6.45, 7) is 6.89. The van der Waals surface area contributed by atoms with Crippen molar-refractivity contribution in [3.63, 3.8) is 0 Å². The van der Waals surface area contributed by atoms with E-state index >= 15 is 0 Å². The summed E-state index contributed by atoms with van der Waals surface area (Å²) in [5.74, 6) is 0.115. The van der Waals surface area contributed by atoms with Crippen molar-refractivity contribution in [1.82, 2.24) is 10.6 Å². The number of amides is 1. The van der Waals surface area contributed by atoms with E-state index in [0.717, 1.165) is 19.4 Å². The third-order valence-electron chi connectivity index (χ3n) is 3.55. The van der Waals surface area contributed by atoms with Crippen molar-refractivity contribution in [2.24, 2.45) is 0 Å². The van der Waals surface area contributed by atoms with E-state index in [-0.39, 0.29) is 11.9 Å². The second kappa shape index (κ2) is 5.53. The van der Waals surface area contributed by atoms with E-state index in [1.54, 1.807) is 0 Å². The van der Waals surface area contributed by atoms with Crippen LogP contribution in [0.3, 0.4) is 0 Å². The lowest BCUT2D eigenvalue weighted by Crippen LogP contribution is -2.42. The largest absolute Gasteiger partial charge is 0.352 e. The smallest absolute Gasteiger partial charge is 0.237 e. The Labute approximate surface area is 109 Å². The van der Waals surface area contributed by atoms with Crippen molar-refractivity contribution in [3.8, 4) is 0 Å². The number of hydrogen-bond donors (Lipinski definition) is 2. The number of nitrogens with one attached hydrogen (secondary N) is 2. The summed E-state index contributed by atoms with van der Waals surface area (Å²) < 4.78 is 0. The van der Waals surface area contributed by atoms with Gasteiger partial charge < -0.3 is 10.6 Å². The molecule has 2 N–H and O–H groups in total. The Hall–Kier alpha value is -1.35. The lowest BCUT2D eigenvalue weighted by molar-refractivity contribution is -0.122. The van der Waals surface area contributed by atoms with Crippen LogP contribution >= 0.6 is 0 Å². The van der Waals surface area contributed by atoms with Crippen LogP contribution in [-0.4, -0.2) is 18.0 Å². The standard InChI is InChI=1S/C15H22N2O/c1-10-5-4-6-11(2)14(10)9-16-12(3)15(18)17-13-7-8-13/h4-6,12-13,16H,7-9H2,1-3H3,(H,17,18). The molecule has 1 fully saturated rings. The van der Waals surface area contributed by atoms with E-state index in [1.165, 1.54) is 16.7 Å². The Balaban J connectivity index is 1.88. The lowest BCUT2D eigenvalue weighted by atomic mass is 10.0. The van der Waals surface area contributed by atoms with Crippen LogP contribution in [0.15, 0.2) is 18.2 Å². The molecule has 3 heteroatoms. The minimum Gasteiger partial charge on any atom is -0.352 e. The van der Waals surface area contributed by atoms with Crippen molar-refractivity contribution in [1.29, 1.82) is 0 Å². The zero-order chi connectivity index (χ0) is 13.1. The predicted octanol–water partition coefficient (Wildman–Crippen LogP) is 2.06. The van der Waals surface area contributed by atoms with Crippen molar-refractivity contribution in [2.75, 3.05) is 0 Å². The third-order valence-corrected chi connectivity index (χ3v) is 3.55. The molecule has 1 aromatic carbocycles. The van der Waals surface area contributed by atoms with Crippen LogP contribution in [0.1, 0.15) is 36.5 Å². The van der Waals surface area contributed by atoms with Crippen molar-refractivity contribution in [3.05, 3.63) is 34.9 Å². The maximum atomic E-state index is 11.8. The number of hydrogen-bond acceptors (Lipinski definition) is 2. The SMILES string of the molecule is Cc1cccc(C)c1CNC(C)C(=O)NC1CC1. The molecule has 0 spiro atoms. The van der Waals surface area contributed by atoms with Crippen molar-refractivity contribution in [2.45, 2.75) is 52.2 Å². The first-order valence-corrected chi connectivity index (χ1v) is 6.67. The van der Waals surface area contributed by atoms with Gasteiger partial charge in [-0.05, 0) is 50.3 Å². The average Bonchev–Trinajstić information content (AvgIpc) is 3.12.